The van der Waals surface area contributed by atoms with Crippen LogP contribution >= 0.6 is 11.6 Å². The maximum absolute atomic E-state index is 13.5. The van der Waals surface area contributed by atoms with Crippen LogP contribution in [0.5, 0.6) is 11.5 Å². The average Bonchev–Trinajstić information content (AvgIpc) is 2.83. The van der Waals surface area contributed by atoms with E-state index in [-0.39, 0.29) is 4.90 Å². The van der Waals surface area contributed by atoms with Crippen LogP contribution in [0.25, 0.3) is 0 Å². The van der Waals surface area contributed by atoms with Crippen LogP contribution in [0.2, 0.25) is 5.02 Å². The summed E-state index contributed by atoms with van der Waals surface area (Å²) in [6.45, 7) is 3.09. The van der Waals surface area contributed by atoms with Crippen LogP contribution < -0.4 is 19.2 Å². The van der Waals surface area contributed by atoms with Gasteiger partial charge < -0.3 is 9.47 Å². The fraction of sp³-hybridized carbons (Fsp3) is 0.200. The number of nitrogens with one attached hydrogen (secondary N) is 1. The van der Waals surface area contributed by atoms with Crippen molar-refractivity contribution in [3.05, 3.63) is 82.4 Å². The number of hydrogen-bond acceptors (Lipinski definition) is 6. The van der Waals surface area contributed by atoms with E-state index in [1.54, 1.807) is 55.5 Å². The molecule has 0 saturated heterocycles. The van der Waals surface area contributed by atoms with E-state index in [1.807, 2.05) is 6.92 Å². The van der Waals surface area contributed by atoms with Gasteiger partial charge in [-0.3, -0.25) is 9.10 Å². The van der Waals surface area contributed by atoms with E-state index in [1.165, 1.54) is 32.6 Å². The monoisotopic (exact) mass is 515 g/mol. The Kier molecular flexibility index (Phi) is 8.37. The number of methoxy groups -OCH3 is 2. The van der Waals surface area contributed by atoms with Gasteiger partial charge in [0.15, 0.2) is 0 Å². The zero-order valence-corrected chi connectivity index (χ0v) is 21.4. The number of nitrogens with zero attached hydrogens (tertiary/aromatic N) is 2. The summed E-state index contributed by atoms with van der Waals surface area (Å²) in [5, 5.41) is 4.43. The third-order valence-electron chi connectivity index (χ3n) is 5.15. The van der Waals surface area contributed by atoms with Crippen molar-refractivity contribution in [1.82, 2.24) is 5.43 Å². The van der Waals surface area contributed by atoms with E-state index >= 15 is 0 Å². The summed E-state index contributed by atoms with van der Waals surface area (Å²) < 4.78 is 38.6. The number of anilines is 1. The van der Waals surface area contributed by atoms with Gasteiger partial charge in [0.05, 0.1) is 31.0 Å². The van der Waals surface area contributed by atoms with Crippen molar-refractivity contribution in [2.45, 2.75) is 18.7 Å². The lowest BCUT2D eigenvalue weighted by molar-refractivity contribution is -0.119. The lowest BCUT2D eigenvalue weighted by Crippen LogP contribution is -2.40. The smallest absolute Gasteiger partial charge is 0.264 e. The molecule has 3 aromatic carbocycles. The molecule has 0 aliphatic heterocycles. The third kappa shape index (κ3) is 6.32. The number of benzene rings is 3. The predicted octanol–water partition coefficient (Wildman–Crippen LogP) is 4.32. The van der Waals surface area contributed by atoms with Gasteiger partial charge in [0, 0.05) is 10.6 Å². The molecule has 184 valence electrons. The van der Waals surface area contributed by atoms with Gasteiger partial charge in [-0.15, -0.1) is 0 Å². The summed E-state index contributed by atoms with van der Waals surface area (Å²) in [5.41, 5.74) is 4.81. The molecule has 0 aromatic heterocycles. The van der Waals surface area contributed by atoms with E-state index in [4.69, 9.17) is 21.1 Å². The standard InChI is InChI=1S/C25H26ClN3O5S/c1-17-5-9-22(10-6-17)35(31,32)29(23-11-7-20(26)13-18(23)2)16-25(30)28-27-15-19-14-21(33-3)8-12-24(19)34-4/h5-15H,16H2,1-4H3,(H,28,30)/b27-15-. The second kappa shape index (κ2) is 11.2. The summed E-state index contributed by atoms with van der Waals surface area (Å²) in [7, 11) is -1.01. The lowest BCUT2D eigenvalue weighted by atomic mass is 10.2. The summed E-state index contributed by atoms with van der Waals surface area (Å²) in [6, 6.07) is 16.3. The van der Waals surface area contributed by atoms with Gasteiger partial charge in [0.1, 0.15) is 18.0 Å². The molecular formula is C25H26ClN3O5S. The topological polar surface area (TPSA) is 97.3 Å². The van der Waals surface area contributed by atoms with Crippen molar-refractivity contribution < 1.29 is 22.7 Å². The summed E-state index contributed by atoms with van der Waals surface area (Å²) >= 11 is 6.06. The quantitative estimate of drug-likeness (QED) is 0.338. The molecule has 0 aliphatic carbocycles. The Morgan fingerprint density at radius 1 is 1.03 bits per heavy atom. The molecule has 0 radical (unpaired) electrons. The SMILES string of the molecule is COc1ccc(OC)c(/C=N\NC(=O)CN(c2ccc(Cl)cc2C)S(=O)(=O)c2ccc(C)cc2)c1. The van der Waals surface area contributed by atoms with Crippen molar-refractivity contribution in [1.29, 1.82) is 0 Å². The van der Waals surface area contributed by atoms with E-state index in [0.29, 0.717) is 33.3 Å². The first-order valence-electron chi connectivity index (χ1n) is 10.5. The van der Waals surface area contributed by atoms with E-state index in [0.717, 1.165) is 9.87 Å². The first kappa shape index (κ1) is 26.1. The Balaban J connectivity index is 1.89. The molecule has 0 unspecified atom stereocenters. The molecule has 1 amide bonds. The fourth-order valence-electron chi connectivity index (χ4n) is 3.32. The molecule has 0 fully saturated rings. The Bertz CT molecular complexity index is 1340. The minimum absolute atomic E-state index is 0.0647. The molecule has 8 nitrogen and oxygen atoms in total. The zero-order chi connectivity index (χ0) is 25.6. The zero-order valence-electron chi connectivity index (χ0n) is 19.8. The van der Waals surface area contributed by atoms with Crippen LogP contribution in [0.1, 0.15) is 16.7 Å². The third-order valence-corrected chi connectivity index (χ3v) is 7.16. The number of amides is 1. The molecule has 3 rings (SSSR count). The fourth-order valence-corrected chi connectivity index (χ4v) is 5.03. The van der Waals surface area contributed by atoms with Crippen LogP contribution in [0.15, 0.2) is 70.7 Å². The second-order valence-corrected chi connectivity index (χ2v) is 9.96. The van der Waals surface area contributed by atoms with Crippen molar-refractivity contribution in [3.63, 3.8) is 0 Å². The average molecular weight is 516 g/mol. The minimum atomic E-state index is -4.06. The van der Waals surface area contributed by atoms with Gasteiger partial charge in [-0.1, -0.05) is 29.3 Å². The van der Waals surface area contributed by atoms with Crippen molar-refractivity contribution in [2.75, 3.05) is 25.1 Å². The first-order valence-corrected chi connectivity index (χ1v) is 12.4. The molecule has 0 aliphatic rings. The van der Waals surface area contributed by atoms with Gasteiger partial charge in [0.25, 0.3) is 15.9 Å². The molecule has 0 saturated carbocycles. The van der Waals surface area contributed by atoms with Crippen LogP contribution in [0, 0.1) is 13.8 Å². The maximum atomic E-state index is 13.5. The van der Waals surface area contributed by atoms with Crippen molar-refractivity contribution in [3.8, 4) is 11.5 Å². The summed E-state index contributed by atoms with van der Waals surface area (Å²) in [4.78, 5) is 12.9. The van der Waals surface area contributed by atoms with Crippen molar-refractivity contribution >= 4 is 39.4 Å². The number of ether oxygens (including phenoxy) is 2. The normalized spacial score (nSPS) is 11.3. The van der Waals surface area contributed by atoms with Crippen molar-refractivity contribution in [2.24, 2.45) is 5.10 Å². The largest absolute Gasteiger partial charge is 0.497 e. The highest BCUT2D eigenvalue weighted by atomic mass is 35.5. The Hall–Kier alpha value is -3.56. The molecular weight excluding hydrogens is 490 g/mol. The molecule has 0 atom stereocenters. The van der Waals surface area contributed by atoms with Gasteiger partial charge in [-0.2, -0.15) is 5.10 Å². The van der Waals surface area contributed by atoms with Crippen LogP contribution in [0.3, 0.4) is 0 Å². The molecule has 0 spiro atoms. The molecule has 35 heavy (non-hydrogen) atoms. The van der Waals surface area contributed by atoms with E-state index < -0.39 is 22.5 Å². The summed E-state index contributed by atoms with van der Waals surface area (Å²) in [6.07, 6.45) is 1.39. The van der Waals surface area contributed by atoms with Gasteiger partial charge >= 0.3 is 0 Å². The number of rotatable bonds is 9. The van der Waals surface area contributed by atoms with Gasteiger partial charge in [-0.05, 0) is 67.9 Å². The predicted molar refractivity (Wildman–Crippen MR) is 137 cm³/mol. The molecule has 0 bridgehead atoms. The number of hydrazone groups is 1. The minimum Gasteiger partial charge on any atom is -0.497 e. The first-order chi connectivity index (χ1) is 16.6. The Labute approximate surface area is 210 Å². The number of aryl methyl sites for hydroxylation is 2. The number of halogens is 1. The highest BCUT2D eigenvalue weighted by Gasteiger charge is 2.28. The Morgan fingerprint density at radius 3 is 2.37 bits per heavy atom. The molecule has 1 N–H and O–H groups in total. The number of carbonyl (C=O) groups is 1. The molecule has 0 heterocycles. The van der Waals surface area contributed by atoms with Crippen LogP contribution in [-0.2, 0) is 14.8 Å². The van der Waals surface area contributed by atoms with Gasteiger partial charge in [0.2, 0.25) is 0 Å². The number of carbonyl (C=O) groups excluding carboxylic acids is 1. The summed E-state index contributed by atoms with van der Waals surface area (Å²) in [5.74, 6) is 0.490. The van der Waals surface area contributed by atoms with Crippen LogP contribution in [0.4, 0.5) is 5.69 Å². The van der Waals surface area contributed by atoms with Crippen LogP contribution in [-0.4, -0.2) is 41.3 Å². The maximum Gasteiger partial charge on any atom is 0.264 e. The molecule has 10 heteroatoms. The highest BCUT2D eigenvalue weighted by Crippen LogP contribution is 2.29. The second-order valence-electron chi connectivity index (χ2n) is 7.66. The molecule has 3 aromatic rings. The number of sulfonamides is 1. The highest BCUT2D eigenvalue weighted by molar-refractivity contribution is 7.92. The number of hydrogen-bond donors (Lipinski definition) is 1. The van der Waals surface area contributed by atoms with E-state index in [2.05, 4.69) is 10.5 Å². The van der Waals surface area contributed by atoms with E-state index in [9.17, 15) is 13.2 Å². The Morgan fingerprint density at radius 2 is 1.74 bits per heavy atom. The lowest BCUT2D eigenvalue weighted by Gasteiger charge is -2.25. The van der Waals surface area contributed by atoms with Gasteiger partial charge in [-0.25, -0.2) is 13.8 Å².